The largest absolute Gasteiger partial charge is 0.481 e. The predicted molar refractivity (Wildman–Crippen MR) is 146 cm³/mol. The van der Waals surface area contributed by atoms with Gasteiger partial charge in [-0.2, -0.15) is 0 Å². The van der Waals surface area contributed by atoms with Gasteiger partial charge in [-0.05, 0) is 74.2 Å². The fourth-order valence-electron chi connectivity index (χ4n) is 6.17. The molecule has 39 heavy (non-hydrogen) atoms. The first-order valence-electron chi connectivity index (χ1n) is 14.6. The quantitative estimate of drug-likeness (QED) is 0.406. The number of ether oxygens (including phenoxy) is 4. The maximum atomic E-state index is 13.1. The minimum Gasteiger partial charge on any atom is -0.481 e. The van der Waals surface area contributed by atoms with Gasteiger partial charge in [-0.3, -0.25) is 10.1 Å². The number of hydrogen-bond acceptors (Lipinski definition) is 8. The molecule has 3 unspecified atom stereocenters. The van der Waals surface area contributed by atoms with E-state index in [1.807, 2.05) is 26.8 Å². The Balaban J connectivity index is 1.15. The third-order valence-electron chi connectivity index (χ3n) is 8.48. The fourth-order valence-corrected chi connectivity index (χ4v) is 6.17. The number of hydrogen-bond donors (Lipinski definition) is 2. The molecular weight excluding hydrogens is 500 g/mol. The first-order valence-corrected chi connectivity index (χ1v) is 14.6. The van der Waals surface area contributed by atoms with Crippen molar-refractivity contribution in [2.75, 3.05) is 44.5 Å². The number of fused-ring (bicyclic) bond motifs is 1. The van der Waals surface area contributed by atoms with E-state index in [0.29, 0.717) is 48.0 Å². The molecule has 0 spiro atoms. The summed E-state index contributed by atoms with van der Waals surface area (Å²) < 4.78 is 23.2. The average Bonchev–Trinajstić information content (AvgIpc) is 3.65. The van der Waals surface area contributed by atoms with Gasteiger partial charge in [-0.25, -0.2) is 4.79 Å². The number of benzene rings is 1. The standard InChI is InChI=1S/C30H44N2O7/c1-30(2,3)17-37-29(35)23-13-25-26(39-18-38-25)15-24(23)32-10-7-19(8-11-32)16-36-27-12-21(6-9-31-27)22(14-28(33)34)20-4-5-20/h13,15,19-22,27,31H,4-12,14,16-18H2,1-3H3,(H,33,34). The number of esters is 1. The number of nitrogens with one attached hydrogen (secondary N) is 1. The summed E-state index contributed by atoms with van der Waals surface area (Å²) in [6, 6.07) is 3.66. The van der Waals surface area contributed by atoms with Gasteiger partial charge in [0.05, 0.1) is 24.5 Å². The fraction of sp³-hybridized carbons (Fsp3) is 0.733. The number of anilines is 1. The summed E-state index contributed by atoms with van der Waals surface area (Å²) in [6.45, 7) is 9.82. The average molecular weight is 545 g/mol. The smallest absolute Gasteiger partial charge is 0.340 e. The van der Waals surface area contributed by atoms with Gasteiger partial charge < -0.3 is 29.0 Å². The van der Waals surface area contributed by atoms with Crippen molar-refractivity contribution in [2.45, 2.75) is 71.9 Å². The van der Waals surface area contributed by atoms with Gasteiger partial charge in [0.25, 0.3) is 0 Å². The predicted octanol–water partition coefficient (Wildman–Crippen LogP) is 4.68. The zero-order valence-corrected chi connectivity index (χ0v) is 23.6. The number of aliphatic carboxylic acids is 1. The van der Waals surface area contributed by atoms with Crippen LogP contribution in [-0.4, -0.2) is 62.9 Å². The van der Waals surface area contributed by atoms with E-state index >= 15 is 0 Å². The maximum Gasteiger partial charge on any atom is 0.340 e. The van der Waals surface area contributed by atoms with Gasteiger partial charge in [-0.1, -0.05) is 20.8 Å². The second-order valence-corrected chi connectivity index (χ2v) is 12.9. The molecule has 3 heterocycles. The van der Waals surface area contributed by atoms with Crippen LogP contribution in [-0.2, 0) is 14.3 Å². The highest BCUT2D eigenvalue weighted by molar-refractivity contribution is 5.97. The van der Waals surface area contributed by atoms with Crippen molar-refractivity contribution in [1.29, 1.82) is 0 Å². The third-order valence-corrected chi connectivity index (χ3v) is 8.48. The van der Waals surface area contributed by atoms with Crippen molar-refractivity contribution in [3.8, 4) is 11.5 Å². The number of nitrogens with zero attached hydrogens (tertiary/aromatic N) is 1. The molecule has 4 aliphatic rings. The van der Waals surface area contributed by atoms with Crippen molar-refractivity contribution < 1.29 is 33.6 Å². The number of carboxylic acid groups (broad SMARTS) is 1. The van der Waals surface area contributed by atoms with E-state index < -0.39 is 5.97 Å². The second kappa shape index (κ2) is 11.9. The van der Waals surface area contributed by atoms with Crippen LogP contribution >= 0.6 is 0 Å². The highest BCUT2D eigenvalue weighted by Crippen LogP contribution is 2.45. The van der Waals surface area contributed by atoms with E-state index in [2.05, 4.69) is 10.2 Å². The number of carbonyl (C=O) groups is 2. The zero-order valence-electron chi connectivity index (χ0n) is 23.6. The Labute approximate surface area is 231 Å². The van der Waals surface area contributed by atoms with Crippen molar-refractivity contribution in [1.82, 2.24) is 5.32 Å². The highest BCUT2D eigenvalue weighted by Gasteiger charge is 2.40. The van der Waals surface area contributed by atoms with Crippen LogP contribution in [0.25, 0.3) is 0 Å². The summed E-state index contributed by atoms with van der Waals surface area (Å²) in [5, 5.41) is 12.9. The molecule has 216 valence electrons. The molecular formula is C30H44N2O7. The topological polar surface area (TPSA) is 107 Å². The molecule has 0 aromatic heterocycles. The van der Waals surface area contributed by atoms with Crippen molar-refractivity contribution in [2.24, 2.45) is 29.1 Å². The first-order chi connectivity index (χ1) is 18.7. The molecule has 1 aliphatic carbocycles. The minimum atomic E-state index is -0.678. The van der Waals surface area contributed by atoms with E-state index in [1.165, 1.54) is 12.8 Å². The van der Waals surface area contributed by atoms with Gasteiger partial charge >= 0.3 is 11.9 Å². The van der Waals surface area contributed by atoms with E-state index in [0.717, 1.165) is 51.0 Å². The Morgan fingerprint density at radius 2 is 1.79 bits per heavy atom. The monoisotopic (exact) mass is 544 g/mol. The summed E-state index contributed by atoms with van der Waals surface area (Å²) in [5.74, 6) is 1.95. The highest BCUT2D eigenvalue weighted by atomic mass is 16.7. The van der Waals surface area contributed by atoms with Crippen LogP contribution in [0.1, 0.15) is 76.1 Å². The molecule has 0 amide bonds. The van der Waals surface area contributed by atoms with Crippen LogP contribution in [0.5, 0.6) is 11.5 Å². The Morgan fingerprint density at radius 1 is 1.08 bits per heavy atom. The van der Waals surface area contributed by atoms with Crippen LogP contribution in [0.4, 0.5) is 5.69 Å². The van der Waals surface area contributed by atoms with Gasteiger partial charge in [0.1, 0.15) is 6.23 Å². The van der Waals surface area contributed by atoms with Gasteiger partial charge in [0, 0.05) is 31.6 Å². The maximum absolute atomic E-state index is 13.1. The zero-order chi connectivity index (χ0) is 27.6. The lowest BCUT2D eigenvalue weighted by atomic mass is 9.79. The normalized spacial score (nSPS) is 24.4. The molecule has 2 N–H and O–H groups in total. The summed E-state index contributed by atoms with van der Waals surface area (Å²) in [5.41, 5.74) is 1.23. The molecule has 1 saturated carbocycles. The molecule has 9 nitrogen and oxygen atoms in total. The van der Waals surface area contributed by atoms with E-state index in [-0.39, 0.29) is 36.7 Å². The molecule has 1 aromatic carbocycles. The van der Waals surface area contributed by atoms with Gasteiger partial charge in [-0.15, -0.1) is 0 Å². The number of carbonyl (C=O) groups excluding carboxylic acids is 1. The van der Waals surface area contributed by atoms with Crippen LogP contribution in [0, 0.1) is 29.1 Å². The first kappa shape index (κ1) is 28.0. The Hall–Kier alpha value is -2.52. The minimum absolute atomic E-state index is 0.00475. The third kappa shape index (κ3) is 7.37. The molecule has 3 atom stereocenters. The van der Waals surface area contributed by atoms with Crippen LogP contribution in [0.15, 0.2) is 12.1 Å². The number of carboxylic acids is 1. The lowest BCUT2D eigenvalue weighted by Gasteiger charge is -2.37. The van der Waals surface area contributed by atoms with Gasteiger partial charge in [0.2, 0.25) is 6.79 Å². The number of rotatable bonds is 10. The molecule has 1 aromatic rings. The SMILES string of the molecule is CC(C)(C)COC(=O)c1cc2c(cc1N1CCC(COC3CC(C(CC(=O)O)C4CC4)CCN3)CC1)OCO2. The molecule has 3 fully saturated rings. The number of piperidine rings is 2. The van der Waals surface area contributed by atoms with E-state index in [9.17, 15) is 14.7 Å². The second-order valence-electron chi connectivity index (χ2n) is 12.9. The summed E-state index contributed by atoms with van der Waals surface area (Å²) in [6.07, 6.45) is 6.47. The van der Waals surface area contributed by atoms with Crippen molar-refractivity contribution >= 4 is 17.6 Å². The van der Waals surface area contributed by atoms with Crippen LogP contribution in [0.2, 0.25) is 0 Å². The van der Waals surface area contributed by atoms with E-state index in [1.54, 1.807) is 6.07 Å². The summed E-state index contributed by atoms with van der Waals surface area (Å²) in [7, 11) is 0. The van der Waals surface area contributed by atoms with Crippen molar-refractivity contribution in [3.05, 3.63) is 17.7 Å². The molecule has 2 saturated heterocycles. The molecule has 9 heteroatoms. The Bertz CT molecular complexity index is 1030. The summed E-state index contributed by atoms with van der Waals surface area (Å²) >= 11 is 0. The Morgan fingerprint density at radius 3 is 2.46 bits per heavy atom. The molecule has 0 radical (unpaired) electrons. The van der Waals surface area contributed by atoms with Crippen LogP contribution in [0.3, 0.4) is 0 Å². The van der Waals surface area contributed by atoms with Crippen molar-refractivity contribution in [3.63, 3.8) is 0 Å². The van der Waals surface area contributed by atoms with Gasteiger partial charge in [0.15, 0.2) is 11.5 Å². The molecule has 5 rings (SSSR count). The molecule has 3 aliphatic heterocycles. The Kier molecular flexibility index (Phi) is 8.57. The summed E-state index contributed by atoms with van der Waals surface area (Å²) in [4.78, 5) is 26.7. The van der Waals surface area contributed by atoms with Crippen LogP contribution < -0.4 is 19.7 Å². The lowest BCUT2D eigenvalue weighted by Crippen LogP contribution is -2.44. The lowest BCUT2D eigenvalue weighted by molar-refractivity contribution is -0.139. The molecule has 0 bridgehead atoms. The van der Waals surface area contributed by atoms with E-state index in [4.69, 9.17) is 18.9 Å².